The molecule has 0 saturated carbocycles. The molecule has 0 aliphatic heterocycles. The number of benzene rings is 2. The molecule has 0 saturated heterocycles. The Morgan fingerprint density at radius 1 is 0.913 bits per heavy atom. The molecule has 0 aliphatic carbocycles. The van der Waals surface area contributed by atoms with E-state index in [4.69, 9.17) is 0 Å². The first kappa shape index (κ1) is 17.2. The third kappa shape index (κ3) is 6.62. The van der Waals surface area contributed by atoms with Crippen LogP contribution in [0, 0.1) is 0 Å². The summed E-state index contributed by atoms with van der Waals surface area (Å²) < 4.78 is 0. The summed E-state index contributed by atoms with van der Waals surface area (Å²) in [6.45, 7) is 6.36. The molecule has 2 aromatic carbocycles. The van der Waals surface area contributed by atoms with Crippen molar-refractivity contribution in [3.8, 4) is 0 Å². The molecule has 0 aliphatic rings. The van der Waals surface area contributed by atoms with E-state index in [1.54, 1.807) is 6.08 Å². The summed E-state index contributed by atoms with van der Waals surface area (Å²) >= 11 is 0. The van der Waals surface area contributed by atoms with Gasteiger partial charge in [-0.3, -0.25) is 9.69 Å². The van der Waals surface area contributed by atoms with Crippen molar-refractivity contribution in [2.45, 2.75) is 32.4 Å². The molecular formula is C21H25NO. The summed E-state index contributed by atoms with van der Waals surface area (Å²) in [4.78, 5) is 14.1. The van der Waals surface area contributed by atoms with Crippen LogP contribution in [0.15, 0.2) is 73.3 Å². The Labute approximate surface area is 139 Å². The monoisotopic (exact) mass is 307 g/mol. The summed E-state index contributed by atoms with van der Waals surface area (Å²) in [5, 5.41) is 0. The quantitative estimate of drug-likeness (QED) is 0.597. The number of carbonyl (C=O) groups excluding carboxylic acids is 1. The molecule has 0 heterocycles. The number of carbonyl (C=O) groups is 1. The van der Waals surface area contributed by atoms with E-state index in [0.29, 0.717) is 12.8 Å². The minimum Gasteiger partial charge on any atom is -0.299 e. The second kappa shape index (κ2) is 9.75. The number of nitrogens with zero attached hydrogens (tertiary/aromatic N) is 1. The first-order valence-corrected chi connectivity index (χ1v) is 8.20. The van der Waals surface area contributed by atoms with Crippen LogP contribution < -0.4 is 0 Å². The predicted octanol–water partition coefficient (Wildman–Crippen LogP) is 4.61. The zero-order valence-electron chi connectivity index (χ0n) is 13.7. The van der Waals surface area contributed by atoms with Gasteiger partial charge in [-0.1, -0.05) is 66.7 Å². The van der Waals surface area contributed by atoms with Gasteiger partial charge in [-0.15, -0.1) is 6.58 Å². The number of ketones is 1. The first-order valence-electron chi connectivity index (χ1n) is 8.20. The number of hydrogen-bond donors (Lipinski definition) is 0. The highest BCUT2D eigenvalue weighted by molar-refractivity contribution is 5.79. The van der Waals surface area contributed by atoms with E-state index in [2.05, 4.69) is 60.0 Å². The Kier molecular flexibility index (Phi) is 7.28. The number of Topliss-reactive ketones (excluding diaryl/α,β-unsaturated/α-hetero) is 1. The van der Waals surface area contributed by atoms with Crippen molar-refractivity contribution in [1.29, 1.82) is 0 Å². The number of hydrogen-bond acceptors (Lipinski definition) is 2. The van der Waals surface area contributed by atoms with Gasteiger partial charge in [0.15, 0.2) is 0 Å². The van der Waals surface area contributed by atoms with Crippen molar-refractivity contribution < 1.29 is 4.79 Å². The summed E-state index contributed by atoms with van der Waals surface area (Å²) in [7, 11) is 0. The highest BCUT2D eigenvalue weighted by Gasteiger charge is 2.08. The fraction of sp³-hybridized carbons (Fsp3) is 0.286. The van der Waals surface area contributed by atoms with Gasteiger partial charge in [0, 0.05) is 25.9 Å². The number of rotatable bonds is 10. The van der Waals surface area contributed by atoms with Gasteiger partial charge in [0.1, 0.15) is 5.78 Å². The highest BCUT2D eigenvalue weighted by Crippen LogP contribution is 2.11. The molecule has 0 fully saturated rings. The van der Waals surface area contributed by atoms with Gasteiger partial charge in [-0.25, -0.2) is 0 Å². The predicted molar refractivity (Wildman–Crippen MR) is 96.1 cm³/mol. The lowest BCUT2D eigenvalue weighted by Gasteiger charge is -2.22. The molecule has 120 valence electrons. The van der Waals surface area contributed by atoms with Crippen molar-refractivity contribution in [3.05, 3.63) is 84.4 Å². The molecule has 0 radical (unpaired) electrons. The molecule has 0 unspecified atom stereocenters. The topological polar surface area (TPSA) is 20.3 Å². The lowest BCUT2D eigenvalue weighted by Crippen LogP contribution is -2.24. The zero-order chi connectivity index (χ0) is 16.3. The molecule has 0 amide bonds. The van der Waals surface area contributed by atoms with Crippen LogP contribution in [0.4, 0.5) is 0 Å². The Balaban J connectivity index is 1.93. The van der Waals surface area contributed by atoms with Crippen LogP contribution in [0.25, 0.3) is 0 Å². The van der Waals surface area contributed by atoms with Crippen molar-refractivity contribution >= 4 is 5.78 Å². The fourth-order valence-electron chi connectivity index (χ4n) is 2.66. The summed E-state index contributed by atoms with van der Waals surface area (Å²) in [5.74, 6) is 0.277. The van der Waals surface area contributed by atoms with Crippen LogP contribution >= 0.6 is 0 Å². The van der Waals surface area contributed by atoms with Crippen LogP contribution in [-0.4, -0.2) is 17.2 Å². The van der Waals surface area contributed by atoms with Gasteiger partial charge in [0.05, 0.1) is 0 Å². The lowest BCUT2D eigenvalue weighted by atomic mass is 10.1. The third-order valence-corrected chi connectivity index (χ3v) is 3.80. The van der Waals surface area contributed by atoms with Crippen LogP contribution in [0.3, 0.4) is 0 Å². The third-order valence-electron chi connectivity index (χ3n) is 3.80. The molecule has 0 spiro atoms. The van der Waals surface area contributed by atoms with Crippen molar-refractivity contribution in [2.75, 3.05) is 6.54 Å². The van der Waals surface area contributed by atoms with Crippen molar-refractivity contribution in [3.63, 3.8) is 0 Å². The van der Waals surface area contributed by atoms with Gasteiger partial charge < -0.3 is 0 Å². The Hall–Kier alpha value is -2.19. The molecular weight excluding hydrogens is 282 g/mol. The van der Waals surface area contributed by atoms with Gasteiger partial charge in [-0.2, -0.15) is 0 Å². The average Bonchev–Trinajstić information content (AvgIpc) is 2.57. The summed E-state index contributed by atoms with van der Waals surface area (Å²) in [6.07, 6.45) is 3.70. The van der Waals surface area contributed by atoms with E-state index in [-0.39, 0.29) is 5.78 Å². The van der Waals surface area contributed by atoms with Gasteiger partial charge in [0.2, 0.25) is 0 Å². The van der Waals surface area contributed by atoms with E-state index < -0.39 is 0 Å². The smallest absolute Gasteiger partial charge is 0.136 e. The van der Waals surface area contributed by atoms with E-state index in [9.17, 15) is 4.79 Å². The maximum Gasteiger partial charge on any atom is 0.136 e. The molecule has 0 atom stereocenters. The van der Waals surface area contributed by atoms with E-state index >= 15 is 0 Å². The van der Waals surface area contributed by atoms with Crippen molar-refractivity contribution in [1.82, 2.24) is 4.90 Å². The maximum absolute atomic E-state index is 11.7. The summed E-state index contributed by atoms with van der Waals surface area (Å²) in [6, 6.07) is 21.0. The minimum atomic E-state index is 0.277. The van der Waals surface area contributed by atoms with E-state index in [1.807, 2.05) is 12.1 Å². The van der Waals surface area contributed by atoms with E-state index in [0.717, 1.165) is 26.1 Å². The molecule has 2 nitrogen and oxygen atoms in total. The molecule has 0 aromatic heterocycles. The largest absolute Gasteiger partial charge is 0.299 e. The SMILES string of the molecule is C=CCC(=O)CCCN(Cc1ccccc1)Cc1ccccc1. The molecule has 2 heteroatoms. The summed E-state index contributed by atoms with van der Waals surface area (Å²) in [5.41, 5.74) is 2.61. The van der Waals surface area contributed by atoms with Gasteiger partial charge in [-0.05, 0) is 24.1 Å². The standard InChI is InChI=1S/C21H25NO/c1-2-10-21(23)15-9-16-22(17-19-11-5-3-6-12-19)18-20-13-7-4-8-14-20/h2-8,11-14H,1,9-10,15-18H2. The molecule has 2 aromatic rings. The average molecular weight is 307 g/mol. The van der Waals surface area contributed by atoms with Gasteiger partial charge >= 0.3 is 0 Å². The molecule has 0 N–H and O–H groups in total. The minimum absolute atomic E-state index is 0.277. The first-order chi connectivity index (χ1) is 11.3. The second-order valence-corrected chi connectivity index (χ2v) is 5.82. The second-order valence-electron chi connectivity index (χ2n) is 5.82. The molecule has 0 bridgehead atoms. The maximum atomic E-state index is 11.7. The Bertz CT molecular complexity index is 550. The highest BCUT2D eigenvalue weighted by atomic mass is 16.1. The van der Waals surface area contributed by atoms with E-state index in [1.165, 1.54) is 11.1 Å². The normalized spacial score (nSPS) is 10.7. The van der Waals surface area contributed by atoms with Crippen LogP contribution in [-0.2, 0) is 17.9 Å². The van der Waals surface area contributed by atoms with Crippen LogP contribution in [0.5, 0.6) is 0 Å². The fourth-order valence-corrected chi connectivity index (χ4v) is 2.66. The zero-order valence-corrected chi connectivity index (χ0v) is 13.7. The lowest BCUT2D eigenvalue weighted by molar-refractivity contribution is -0.118. The number of allylic oxidation sites excluding steroid dienone is 1. The Morgan fingerprint density at radius 3 is 1.91 bits per heavy atom. The Morgan fingerprint density at radius 2 is 1.43 bits per heavy atom. The van der Waals surface area contributed by atoms with Gasteiger partial charge in [0.25, 0.3) is 0 Å². The van der Waals surface area contributed by atoms with Crippen LogP contribution in [0.1, 0.15) is 30.4 Å². The molecule has 2 rings (SSSR count). The van der Waals surface area contributed by atoms with Crippen LogP contribution in [0.2, 0.25) is 0 Å². The molecule has 23 heavy (non-hydrogen) atoms. The van der Waals surface area contributed by atoms with Crippen molar-refractivity contribution in [2.24, 2.45) is 0 Å².